The van der Waals surface area contributed by atoms with E-state index in [-0.39, 0.29) is 38.1 Å². The van der Waals surface area contributed by atoms with Gasteiger partial charge >= 0.3 is 17.1 Å². The molecule has 0 aromatic rings. The van der Waals surface area contributed by atoms with Crippen LogP contribution in [0.1, 0.15) is 0 Å². The Morgan fingerprint density at radius 3 is 1.14 bits per heavy atom. The molecule has 0 amide bonds. The average molecular weight is 256 g/mol. The number of rotatable bonds is 0. The fraction of sp³-hybridized carbons (Fsp3) is 0. The van der Waals surface area contributed by atoms with Crippen LogP contribution in [-0.4, -0.2) is 17.5 Å². The summed E-state index contributed by atoms with van der Waals surface area (Å²) in [6.07, 6.45) is 0. The maximum atomic E-state index is 8.52. The minimum absolute atomic E-state index is 0. The Morgan fingerprint density at radius 2 is 1.14 bits per heavy atom. The Bertz CT molecular complexity index is 94.9. The van der Waals surface area contributed by atoms with E-state index in [2.05, 4.69) is 0 Å². The SMILES string of the molecule is O=S(=O)([O-])[O-].[Cu+2].[Mo]. The van der Waals surface area contributed by atoms with E-state index in [4.69, 9.17) is 17.5 Å². The largest absolute Gasteiger partial charge is 2.00 e. The summed E-state index contributed by atoms with van der Waals surface area (Å²) in [7, 11) is -5.17. The van der Waals surface area contributed by atoms with E-state index < -0.39 is 10.4 Å². The molecule has 0 unspecified atom stereocenters. The fourth-order valence-corrected chi connectivity index (χ4v) is 0. The van der Waals surface area contributed by atoms with E-state index >= 15 is 0 Å². The van der Waals surface area contributed by atoms with Gasteiger partial charge in [-0.2, -0.15) is 0 Å². The first kappa shape index (κ1) is 15.7. The van der Waals surface area contributed by atoms with Gasteiger partial charge in [-0.1, -0.05) is 0 Å². The summed E-state index contributed by atoms with van der Waals surface area (Å²) < 4.78 is 34.1. The van der Waals surface area contributed by atoms with Gasteiger partial charge in [0.2, 0.25) is 0 Å². The Hall–Kier alpha value is 1.08. The molecule has 0 aliphatic rings. The molecule has 7 heteroatoms. The van der Waals surface area contributed by atoms with Crippen molar-refractivity contribution < 1.29 is 55.7 Å². The number of hydrogen-bond donors (Lipinski definition) is 0. The van der Waals surface area contributed by atoms with Crippen molar-refractivity contribution in [3.05, 3.63) is 0 Å². The average Bonchev–Trinajstić information content (AvgIpc) is 0.722. The molecule has 0 fully saturated rings. The molecule has 7 heavy (non-hydrogen) atoms. The Kier molecular flexibility index (Phi) is 11.7. The molecule has 0 saturated carbocycles. The van der Waals surface area contributed by atoms with Crippen molar-refractivity contribution in [2.45, 2.75) is 0 Å². The molecule has 4 nitrogen and oxygen atoms in total. The van der Waals surface area contributed by atoms with E-state index in [1.54, 1.807) is 0 Å². The summed E-state index contributed by atoms with van der Waals surface area (Å²) in [4.78, 5) is 0. The molecule has 0 spiro atoms. The van der Waals surface area contributed by atoms with Crippen LogP contribution in [0.3, 0.4) is 0 Å². The van der Waals surface area contributed by atoms with Gasteiger partial charge in [-0.05, 0) is 0 Å². The quantitative estimate of drug-likeness (QED) is 0.305. The standard InChI is InChI=1S/Cu.Mo.H2O4S/c;;1-5(2,3)4/h;;(H2,1,2,3,4)/q+2;;/p-2. The summed E-state index contributed by atoms with van der Waals surface area (Å²) in [6, 6.07) is 0. The molecule has 0 aromatic heterocycles. The summed E-state index contributed by atoms with van der Waals surface area (Å²) in [5.74, 6) is 0. The molecule has 0 saturated heterocycles. The molecular weight excluding hydrogens is 256 g/mol. The van der Waals surface area contributed by atoms with Gasteiger partial charge in [0.25, 0.3) is 0 Å². The van der Waals surface area contributed by atoms with Crippen molar-refractivity contribution >= 4 is 10.4 Å². The Balaban J connectivity index is -0.0000000800. The van der Waals surface area contributed by atoms with E-state index in [1.807, 2.05) is 0 Å². The van der Waals surface area contributed by atoms with Crippen LogP contribution in [0.25, 0.3) is 0 Å². The molecule has 1 radical (unpaired) electrons. The molecule has 0 rings (SSSR count). The second-order valence-electron chi connectivity index (χ2n) is 0.408. The molecule has 0 atom stereocenters. The van der Waals surface area contributed by atoms with Crippen LogP contribution in [0.2, 0.25) is 0 Å². The van der Waals surface area contributed by atoms with Crippen molar-refractivity contribution in [1.29, 1.82) is 0 Å². The van der Waals surface area contributed by atoms with Gasteiger partial charge in [0, 0.05) is 31.5 Å². The van der Waals surface area contributed by atoms with Crippen LogP contribution in [-0.2, 0) is 48.5 Å². The normalized spacial score (nSPS) is 8.29. The predicted molar refractivity (Wildman–Crippen MR) is 10.5 cm³/mol. The summed E-state index contributed by atoms with van der Waals surface area (Å²) >= 11 is 0. The third-order valence-electron chi connectivity index (χ3n) is 0. The van der Waals surface area contributed by atoms with Crippen LogP contribution in [0.4, 0.5) is 0 Å². The third-order valence-corrected chi connectivity index (χ3v) is 0. The molecule has 0 aromatic carbocycles. The smallest absolute Gasteiger partial charge is 0.759 e. The van der Waals surface area contributed by atoms with Crippen LogP contribution in [0.15, 0.2) is 0 Å². The van der Waals surface area contributed by atoms with Gasteiger partial charge in [0.05, 0.1) is 0 Å². The fourth-order valence-electron chi connectivity index (χ4n) is 0. The van der Waals surface area contributed by atoms with Gasteiger partial charge in [-0.25, -0.2) is 0 Å². The minimum Gasteiger partial charge on any atom is -0.759 e. The van der Waals surface area contributed by atoms with Crippen molar-refractivity contribution in [3.8, 4) is 0 Å². The van der Waals surface area contributed by atoms with Gasteiger partial charge in [0.15, 0.2) is 0 Å². The Morgan fingerprint density at radius 1 is 1.14 bits per heavy atom. The topological polar surface area (TPSA) is 80.3 Å². The number of hydrogen-bond acceptors (Lipinski definition) is 4. The molecular formula is CuMoO4S. The van der Waals surface area contributed by atoms with Crippen LogP contribution < -0.4 is 0 Å². The Labute approximate surface area is 66.0 Å². The zero-order valence-electron chi connectivity index (χ0n) is 2.75. The molecule has 0 aliphatic heterocycles. The molecule has 0 aliphatic carbocycles. The van der Waals surface area contributed by atoms with Crippen LogP contribution in [0.5, 0.6) is 0 Å². The third kappa shape index (κ3) is 157. The summed E-state index contributed by atoms with van der Waals surface area (Å²) in [5, 5.41) is 0. The molecule has 0 bridgehead atoms. The van der Waals surface area contributed by atoms with Crippen molar-refractivity contribution in [2.24, 2.45) is 0 Å². The minimum atomic E-state index is -5.17. The molecule has 47 valence electrons. The summed E-state index contributed by atoms with van der Waals surface area (Å²) in [6.45, 7) is 0. The van der Waals surface area contributed by atoms with Gasteiger partial charge in [0.1, 0.15) is 0 Å². The second kappa shape index (κ2) is 5.22. The van der Waals surface area contributed by atoms with E-state index in [0.717, 1.165) is 0 Å². The van der Waals surface area contributed by atoms with Crippen LogP contribution in [0, 0.1) is 0 Å². The van der Waals surface area contributed by atoms with Gasteiger partial charge in [-0.3, -0.25) is 8.42 Å². The van der Waals surface area contributed by atoms with E-state index in [1.165, 1.54) is 0 Å². The first-order valence-corrected chi connectivity index (χ1v) is 2.00. The van der Waals surface area contributed by atoms with Gasteiger partial charge in [-0.15, -0.1) is 0 Å². The summed E-state index contributed by atoms with van der Waals surface area (Å²) in [5.41, 5.74) is 0. The van der Waals surface area contributed by atoms with E-state index in [9.17, 15) is 0 Å². The zero-order valence-corrected chi connectivity index (χ0v) is 6.52. The van der Waals surface area contributed by atoms with Crippen LogP contribution >= 0.6 is 0 Å². The van der Waals surface area contributed by atoms with E-state index in [0.29, 0.717) is 0 Å². The predicted octanol–water partition coefficient (Wildman–Crippen LogP) is -1.34. The van der Waals surface area contributed by atoms with Crippen molar-refractivity contribution in [1.82, 2.24) is 0 Å². The van der Waals surface area contributed by atoms with Crippen molar-refractivity contribution in [2.75, 3.05) is 0 Å². The first-order valence-electron chi connectivity index (χ1n) is 0.667. The maximum Gasteiger partial charge on any atom is 2.00 e. The first-order chi connectivity index (χ1) is 2.00. The zero-order chi connectivity index (χ0) is 4.50. The second-order valence-corrected chi connectivity index (χ2v) is 1.22. The molecule has 0 heterocycles. The monoisotopic (exact) mass is 257 g/mol. The maximum absolute atomic E-state index is 8.52. The molecule has 0 N–H and O–H groups in total. The van der Waals surface area contributed by atoms with Crippen molar-refractivity contribution in [3.63, 3.8) is 0 Å². The van der Waals surface area contributed by atoms with Gasteiger partial charge < -0.3 is 9.11 Å².